The topological polar surface area (TPSA) is 0 Å². The number of unbranched alkanes of at least 4 members (excludes halogenated alkanes) is 2. The smallest absolute Gasteiger partial charge is 0.108 e. The van der Waals surface area contributed by atoms with Crippen LogP contribution in [0, 0.1) is 0 Å². The molecule has 0 aromatic rings. The van der Waals surface area contributed by atoms with Gasteiger partial charge < -0.3 is 0 Å². The van der Waals surface area contributed by atoms with Gasteiger partial charge in [-0.3, -0.25) is 0 Å². The minimum atomic E-state index is -1.81. The van der Waals surface area contributed by atoms with Crippen molar-refractivity contribution in [2.75, 3.05) is 0 Å². The maximum atomic E-state index is 5.79. The molecular formula is C8H17Cl2PS4. The van der Waals surface area contributed by atoms with E-state index in [9.17, 15) is 0 Å². The maximum absolute atomic E-state index is 5.79. The lowest BCUT2D eigenvalue weighted by molar-refractivity contribution is 0.633. The van der Waals surface area contributed by atoms with Crippen LogP contribution in [-0.2, 0) is 11.8 Å². The summed E-state index contributed by atoms with van der Waals surface area (Å²) in [5.41, 5.74) is 0. The Balaban J connectivity index is 4.01. The van der Waals surface area contributed by atoms with E-state index in [-0.39, 0.29) is 4.84 Å². The van der Waals surface area contributed by atoms with Gasteiger partial charge in [0.25, 0.3) is 0 Å². The molecule has 0 saturated heterocycles. The molecule has 0 bridgehead atoms. The van der Waals surface area contributed by atoms with E-state index in [1.54, 1.807) is 11.4 Å². The molecule has 0 amide bonds. The van der Waals surface area contributed by atoms with Crippen molar-refractivity contribution in [3.63, 3.8) is 0 Å². The molecule has 0 heterocycles. The first kappa shape index (κ1) is 17.3. The summed E-state index contributed by atoms with van der Waals surface area (Å²) >= 11 is 27.1. The Bertz CT molecular complexity index is 207. The highest BCUT2D eigenvalue weighted by atomic mass is 35.5. The van der Waals surface area contributed by atoms with Gasteiger partial charge in [0.1, 0.15) is 8.48 Å². The van der Waals surface area contributed by atoms with Crippen LogP contribution in [0.15, 0.2) is 0 Å². The van der Waals surface area contributed by atoms with Gasteiger partial charge in [0.2, 0.25) is 0 Å². The normalized spacial score (nSPS) is 14.5. The van der Waals surface area contributed by atoms with Gasteiger partial charge in [-0.2, -0.15) is 0 Å². The van der Waals surface area contributed by atoms with E-state index in [0.29, 0.717) is 5.25 Å². The van der Waals surface area contributed by atoms with Crippen molar-refractivity contribution in [3.8, 4) is 0 Å². The number of hydrogen-bond acceptors (Lipinski definition) is 2. The number of thiol groups is 2. The molecule has 92 valence electrons. The van der Waals surface area contributed by atoms with Crippen LogP contribution in [0.4, 0.5) is 0 Å². The molecule has 0 nitrogen and oxygen atoms in total. The van der Waals surface area contributed by atoms with Gasteiger partial charge in [0.15, 0.2) is 0 Å². The van der Waals surface area contributed by atoms with E-state index in [2.05, 4.69) is 31.4 Å². The fourth-order valence-electron chi connectivity index (χ4n) is 1.23. The maximum Gasteiger partial charge on any atom is 0.108 e. The summed E-state index contributed by atoms with van der Waals surface area (Å²) < 4.78 is -1.81. The van der Waals surface area contributed by atoms with Gasteiger partial charge in [-0.05, 0) is 12.8 Å². The Kier molecular flexibility index (Phi) is 10.6. The van der Waals surface area contributed by atoms with Crippen LogP contribution in [-0.4, -0.2) is 10.1 Å². The summed E-state index contributed by atoms with van der Waals surface area (Å²) in [4.78, 5) is -0.313. The van der Waals surface area contributed by atoms with Crippen molar-refractivity contribution in [1.29, 1.82) is 0 Å². The number of alkyl halides is 2. The van der Waals surface area contributed by atoms with Crippen LogP contribution in [0.2, 0.25) is 0 Å². The molecule has 0 aliphatic rings. The predicted octanol–water partition coefficient (Wildman–Crippen LogP) is 5.95. The Morgan fingerprint density at radius 3 is 2.33 bits per heavy atom. The molecule has 0 rings (SSSR count). The first-order valence-corrected chi connectivity index (χ1v) is 12.3. The van der Waals surface area contributed by atoms with E-state index in [4.69, 9.17) is 35.0 Å². The molecular weight excluding hydrogens is 326 g/mol. The van der Waals surface area contributed by atoms with E-state index in [1.165, 1.54) is 19.3 Å². The van der Waals surface area contributed by atoms with Crippen LogP contribution in [0.1, 0.15) is 39.0 Å². The second-order valence-electron chi connectivity index (χ2n) is 3.34. The molecule has 0 aromatic heterocycles. The molecule has 1 atom stereocenters. The van der Waals surface area contributed by atoms with Crippen LogP contribution in [0.25, 0.3) is 0 Å². The second-order valence-corrected chi connectivity index (χ2v) is 18.9. The first-order valence-electron chi connectivity index (χ1n) is 4.87. The molecule has 1 unspecified atom stereocenters. The summed E-state index contributed by atoms with van der Waals surface area (Å²) in [5.74, 6) is 0. The Morgan fingerprint density at radius 2 is 1.93 bits per heavy atom. The van der Waals surface area contributed by atoms with Gasteiger partial charge in [0, 0.05) is 5.25 Å². The highest BCUT2D eigenvalue weighted by Crippen LogP contribution is 2.69. The molecule has 0 aliphatic heterocycles. The summed E-state index contributed by atoms with van der Waals surface area (Å²) in [6.45, 7) is 2.19. The van der Waals surface area contributed by atoms with Crippen molar-refractivity contribution in [2.24, 2.45) is 0 Å². The fourth-order valence-corrected chi connectivity index (χ4v) is 8.04. The van der Waals surface area contributed by atoms with Gasteiger partial charge >= 0.3 is 0 Å². The zero-order valence-electron chi connectivity index (χ0n) is 8.60. The molecule has 0 aliphatic carbocycles. The lowest BCUT2D eigenvalue weighted by Crippen LogP contribution is -2.06. The molecule has 0 spiro atoms. The zero-order valence-corrected chi connectivity index (χ0v) is 14.4. The molecule has 7 heteroatoms. The van der Waals surface area contributed by atoms with Crippen LogP contribution in [0.5, 0.6) is 0 Å². The van der Waals surface area contributed by atoms with Crippen molar-refractivity contribution in [2.45, 2.75) is 49.1 Å². The van der Waals surface area contributed by atoms with E-state index in [1.807, 2.05) is 0 Å². The molecule has 15 heavy (non-hydrogen) atoms. The van der Waals surface area contributed by atoms with Crippen LogP contribution < -0.4 is 0 Å². The van der Waals surface area contributed by atoms with Gasteiger partial charge in [-0.25, -0.2) is 0 Å². The van der Waals surface area contributed by atoms with Crippen molar-refractivity contribution in [3.05, 3.63) is 0 Å². The monoisotopic (exact) mass is 342 g/mol. The summed E-state index contributed by atoms with van der Waals surface area (Å²) in [6, 6.07) is 0. The molecule has 0 saturated carbocycles. The third-order valence-corrected chi connectivity index (χ3v) is 7.40. The van der Waals surface area contributed by atoms with E-state index in [0.717, 1.165) is 12.8 Å². The lowest BCUT2D eigenvalue weighted by Gasteiger charge is -2.19. The Morgan fingerprint density at radius 1 is 1.33 bits per heavy atom. The summed E-state index contributed by atoms with van der Waals surface area (Å²) in [6.07, 6.45) is 5.54. The quantitative estimate of drug-likeness (QED) is 0.242. The number of halogens is 2. The number of hydrogen-bond donors (Lipinski definition) is 2. The third-order valence-electron chi connectivity index (χ3n) is 1.86. The number of rotatable bonds is 8. The Labute approximate surface area is 123 Å². The lowest BCUT2D eigenvalue weighted by atomic mass is 10.1. The average molecular weight is 343 g/mol. The molecule has 0 radical (unpaired) electrons. The average Bonchev–Trinajstić information content (AvgIpc) is 2.00. The second kappa shape index (κ2) is 9.24. The minimum Gasteiger partial charge on any atom is -0.122 e. The van der Waals surface area contributed by atoms with Crippen LogP contribution >= 0.6 is 62.7 Å². The zero-order chi connectivity index (χ0) is 11.9. The molecule has 0 N–H and O–H groups in total. The summed E-state index contributed by atoms with van der Waals surface area (Å²) in [5, 5.41) is 0.400. The largest absolute Gasteiger partial charge is 0.122 e. The Hall–Kier alpha value is 2.28. The highest BCUT2D eigenvalue weighted by Gasteiger charge is 2.18. The summed E-state index contributed by atoms with van der Waals surface area (Å²) in [7, 11) is 0. The van der Waals surface area contributed by atoms with Crippen molar-refractivity contribution in [1.82, 2.24) is 0 Å². The van der Waals surface area contributed by atoms with Gasteiger partial charge in [-0.15, -0.1) is 59.1 Å². The van der Waals surface area contributed by atoms with E-state index < -0.39 is 3.64 Å². The van der Waals surface area contributed by atoms with Gasteiger partial charge in [0.05, 0.1) is 0 Å². The fraction of sp³-hybridized carbons (Fsp3) is 1.00. The van der Waals surface area contributed by atoms with Crippen molar-refractivity contribution < 1.29 is 0 Å². The highest BCUT2D eigenvalue weighted by molar-refractivity contribution is 9.17. The third kappa shape index (κ3) is 12.5. The molecule has 0 aromatic carbocycles. The minimum absolute atomic E-state index is 0.313. The predicted molar refractivity (Wildman–Crippen MR) is 87.9 cm³/mol. The van der Waals surface area contributed by atoms with E-state index >= 15 is 0 Å². The van der Waals surface area contributed by atoms with Gasteiger partial charge in [-0.1, -0.05) is 38.0 Å². The molecule has 0 fully saturated rings. The SMILES string of the molecule is CCCCCC(CC(Cl)Cl)SP(=S)(S)S. The van der Waals surface area contributed by atoms with Crippen LogP contribution in [0.3, 0.4) is 0 Å². The standard InChI is InChI=1S/C8H17Cl2PS4/c1-2-3-4-5-7(6-8(9)10)15-11(12,13)14/h7-8H,2-6H2,1H3,(H2,12,13,14). The first-order chi connectivity index (χ1) is 6.85. The van der Waals surface area contributed by atoms with Crippen molar-refractivity contribution >= 4 is 74.5 Å².